The van der Waals surface area contributed by atoms with E-state index < -0.39 is 5.97 Å². The van der Waals surface area contributed by atoms with Crippen molar-refractivity contribution in [2.75, 3.05) is 24.8 Å². The zero-order valence-electron chi connectivity index (χ0n) is 15.4. The molecule has 0 fully saturated rings. The molecular weight excluding hydrogens is 360 g/mol. The summed E-state index contributed by atoms with van der Waals surface area (Å²) in [7, 11) is 2.98. The monoisotopic (exact) mass is 380 g/mol. The molecule has 0 spiro atoms. The van der Waals surface area contributed by atoms with Gasteiger partial charge in [-0.15, -0.1) is 0 Å². The summed E-state index contributed by atoms with van der Waals surface area (Å²) in [6.45, 7) is 2.04. The molecule has 138 valence electrons. The Kier molecular flexibility index (Phi) is 5.76. The number of aryl methyl sites for hydroxylation is 1. The standard InChI is InChI=1S/C21H20N2O3S/c1-14-12-19(22-17-10-6-4-8-15(14)17)27-13-20(24)23(2)18-11-7-5-9-16(18)21(25)26-3/h4-12H,13H2,1-3H3. The molecule has 3 rings (SSSR count). The molecule has 0 saturated heterocycles. The first-order chi connectivity index (χ1) is 13.0. The second-order valence-corrected chi connectivity index (χ2v) is 7.04. The van der Waals surface area contributed by atoms with Gasteiger partial charge in [0.25, 0.3) is 0 Å². The molecule has 0 N–H and O–H groups in total. The zero-order valence-corrected chi connectivity index (χ0v) is 16.2. The van der Waals surface area contributed by atoms with Crippen LogP contribution < -0.4 is 4.90 Å². The molecule has 0 aliphatic carbocycles. The van der Waals surface area contributed by atoms with E-state index in [1.807, 2.05) is 37.3 Å². The van der Waals surface area contributed by atoms with Gasteiger partial charge >= 0.3 is 5.97 Å². The van der Waals surface area contributed by atoms with Gasteiger partial charge in [-0.1, -0.05) is 42.1 Å². The summed E-state index contributed by atoms with van der Waals surface area (Å²) in [6, 6.07) is 16.8. The largest absolute Gasteiger partial charge is 0.465 e. The van der Waals surface area contributed by atoms with Crippen molar-refractivity contribution in [2.24, 2.45) is 0 Å². The van der Waals surface area contributed by atoms with Crippen LogP contribution in [0.1, 0.15) is 15.9 Å². The fraction of sp³-hybridized carbons (Fsp3) is 0.190. The third kappa shape index (κ3) is 4.11. The fourth-order valence-electron chi connectivity index (χ4n) is 2.81. The highest BCUT2D eigenvalue weighted by Crippen LogP contribution is 2.25. The zero-order chi connectivity index (χ0) is 19.4. The Morgan fingerprint density at radius 1 is 1.11 bits per heavy atom. The molecule has 6 heteroatoms. The molecule has 0 aliphatic rings. The van der Waals surface area contributed by atoms with Crippen molar-refractivity contribution in [3.05, 3.63) is 65.7 Å². The van der Waals surface area contributed by atoms with Gasteiger partial charge in [-0.3, -0.25) is 4.79 Å². The van der Waals surface area contributed by atoms with Crippen molar-refractivity contribution < 1.29 is 14.3 Å². The first-order valence-corrected chi connectivity index (χ1v) is 9.43. The van der Waals surface area contributed by atoms with E-state index in [2.05, 4.69) is 4.98 Å². The van der Waals surface area contributed by atoms with Gasteiger partial charge in [-0.2, -0.15) is 0 Å². The number of fused-ring (bicyclic) bond motifs is 1. The van der Waals surface area contributed by atoms with Gasteiger partial charge in [0.2, 0.25) is 5.91 Å². The fourth-order valence-corrected chi connectivity index (χ4v) is 3.70. The molecule has 0 radical (unpaired) electrons. The Hall–Kier alpha value is -2.86. The van der Waals surface area contributed by atoms with E-state index in [1.165, 1.54) is 23.8 Å². The molecule has 0 saturated carbocycles. The summed E-state index contributed by atoms with van der Waals surface area (Å²) < 4.78 is 4.80. The predicted octanol–water partition coefficient (Wildman–Crippen LogP) is 4.08. The summed E-state index contributed by atoms with van der Waals surface area (Å²) in [5.41, 5.74) is 2.93. The Bertz CT molecular complexity index is 1000. The Morgan fingerprint density at radius 2 is 1.81 bits per heavy atom. The summed E-state index contributed by atoms with van der Waals surface area (Å²) in [6.07, 6.45) is 0. The number of amides is 1. The van der Waals surface area contributed by atoms with Crippen LogP contribution >= 0.6 is 11.8 Å². The van der Waals surface area contributed by atoms with Crippen LogP contribution in [-0.4, -0.2) is 36.8 Å². The van der Waals surface area contributed by atoms with Crippen molar-refractivity contribution in [1.29, 1.82) is 0 Å². The van der Waals surface area contributed by atoms with Crippen LogP contribution in [0.4, 0.5) is 5.69 Å². The summed E-state index contributed by atoms with van der Waals surface area (Å²) in [4.78, 5) is 30.7. The number of hydrogen-bond donors (Lipinski definition) is 0. The van der Waals surface area contributed by atoms with E-state index in [0.29, 0.717) is 11.3 Å². The molecule has 0 aliphatic heterocycles. The van der Waals surface area contributed by atoms with Crippen molar-refractivity contribution in [3.8, 4) is 0 Å². The second kappa shape index (κ2) is 8.22. The van der Waals surface area contributed by atoms with Crippen LogP contribution in [0.25, 0.3) is 10.9 Å². The number of carbonyl (C=O) groups excluding carboxylic acids is 2. The highest BCUT2D eigenvalue weighted by atomic mass is 32.2. The maximum absolute atomic E-state index is 12.7. The number of ether oxygens (including phenoxy) is 1. The van der Waals surface area contributed by atoms with Crippen molar-refractivity contribution in [3.63, 3.8) is 0 Å². The van der Waals surface area contributed by atoms with Crippen LogP contribution in [0.3, 0.4) is 0 Å². The normalized spacial score (nSPS) is 10.6. The number of para-hydroxylation sites is 2. The second-order valence-electron chi connectivity index (χ2n) is 6.04. The Morgan fingerprint density at radius 3 is 2.59 bits per heavy atom. The number of nitrogens with zero attached hydrogens (tertiary/aromatic N) is 2. The third-order valence-corrected chi connectivity index (χ3v) is 5.18. The molecular formula is C21H20N2O3S. The molecule has 0 unspecified atom stereocenters. The van der Waals surface area contributed by atoms with Crippen molar-refractivity contribution in [1.82, 2.24) is 4.98 Å². The van der Waals surface area contributed by atoms with E-state index in [4.69, 9.17) is 4.74 Å². The molecule has 3 aromatic rings. The first-order valence-electron chi connectivity index (χ1n) is 8.44. The average molecular weight is 380 g/mol. The van der Waals surface area contributed by atoms with Crippen LogP contribution in [-0.2, 0) is 9.53 Å². The topological polar surface area (TPSA) is 59.5 Å². The number of methoxy groups -OCH3 is 1. The molecule has 27 heavy (non-hydrogen) atoms. The number of hydrogen-bond acceptors (Lipinski definition) is 5. The summed E-state index contributed by atoms with van der Waals surface area (Å²) in [5.74, 6) is -0.370. The molecule has 2 aromatic carbocycles. The van der Waals surface area contributed by atoms with Crippen LogP contribution in [0.15, 0.2) is 59.6 Å². The van der Waals surface area contributed by atoms with Gasteiger partial charge < -0.3 is 9.64 Å². The smallest absolute Gasteiger partial charge is 0.339 e. The lowest BCUT2D eigenvalue weighted by Gasteiger charge is -2.19. The maximum atomic E-state index is 12.7. The van der Waals surface area contributed by atoms with Gasteiger partial charge in [0, 0.05) is 12.4 Å². The van der Waals surface area contributed by atoms with Crippen LogP contribution in [0.2, 0.25) is 0 Å². The Balaban J connectivity index is 1.76. The Labute approximate surface area is 162 Å². The number of esters is 1. The molecule has 0 bridgehead atoms. The van der Waals surface area contributed by atoms with E-state index in [-0.39, 0.29) is 11.7 Å². The number of aromatic nitrogens is 1. The van der Waals surface area contributed by atoms with Gasteiger partial charge in [-0.25, -0.2) is 9.78 Å². The quantitative estimate of drug-likeness (QED) is 0.493. The highest BCUT2D eigenvalue weighted by Gasteiger charge is 2.19. The molecule has 0 atom stereocenters. The SMILES string of the molecule is COC(=O)c1ccccc1N(C)C(=O)CSc1cc(C)c2ccccc2n1. The number of pyridine rings is 1. The minimum atomic E-state index is -0.468. The average Bonchev–Trinajstić information content (AvgIpc) is 2.71. The van der Waals surface area contributed by atoms with Gasteiger partial charge in [-0.05, 0) is 36.8 Å². The molecule has 1 amide bonds. The number of rotatable bonds is 5. The predicted molar refractivity (Wildman–Crippen MR) is 108 cm³/mol. The molecule has 1 aromatic heterocycles. The van der Waals surface area contributed by atoms with E-state index in [1.54, 1.807) is 31.3 Å². The summed E-state index contributed by atoms with van der Waals surface area (Å²) in [5, 5.41) is 1.91. The van der Waals surface area contributed by atoms with Gasteiger partial charge in [0.1, 0.15) is 0 Å². The maximum Gasteiger partial charge on any atom is 0.339 e. The van der Waals surface area contributed by atoms with Crippen LogP contribution in [0, 0.1) is 6.92 Å². The molecule has 1 heterocycles. The minimum absolute atomic E-state index is 0.121. The van der Waals surface area contributed by atoms with Gasteiger partial charge in [0.15, 0.2) is 0 Å². The number of benzene rings is 2. The lowest BCUT2D eigenvalue weighted by Crippen LogP contribution is -2.29. The number of anilines is 1. The van der Waals surface area contributed by atoms with E-state index >= 15 is 0 Å². The van der Waals surface area contributed by atoms with E-state index in [9.17, 15) is 9.59 Å². The van der Waals surface area contributed by atoms with Crippen molar-refractivity contribution >= 4 is 40.2 Å². The lowest BCUT2D eigenvalue weighted by molar-refractivity contribution is -0.115. The third-order valence-electron chi connectivity index (χ3n) is 4.29. The lowest BCUT2D eigenvalue weighted by atomic mass is 10.1. The number of carbonyl (C=O) groups is 2. The summed E-state index contributed by atoms with van der Waals surface area (Å²) >= 11 is 1.38. The van der Waals surface area contributed by atoms with Gasteiger partial charge in [0.05, 0.1) is 34.7 Å². The van der Waals surface area contributed by atoms with E-state index in [0.717, 1.165) is 21.5 Å². The first kappa shape index (κ1) is 18.9. The number of thioether (sulfide) groups is 1. The van der Waals surface area contributed by atoms with Crippen LogP contribution in [0.5, 0.6) is 0 Å². The minimum Gasteiger partial charge on any atom is -0.465 e. The highest BCUT2D eigenvalue weighted by molar-refractivity contribution is 7.99. The molecule has 5 nitrogen and oxygen atoms in total. The van der Waals surface area contributed by atoms with Crippen molar-refractivity contribution in [2.45, 2.75) is 11.9 Å².